The number of amides is 1. The third-order valence-electron chi connectivity index (χ3n) is 4.46. The summed E-state index contributed by atoms with van der Waals surface area (Å²) in [6, 6.07) is 18.2. The zero-order chi connectivity index (χ0) is 16.8. The van der Waals surface area contributed by atoms with Gasteiger partial charge in [0, 0.05) is 25.4 Å². The van der Waals surface area contributed by atoms with Crippen molar-refractivity contribution < 1.29 is 14.3 Å². The van der Waals surface area contributed by atoms with Crippen LogP contribution in [0.3, 0.4) is 0 Å². The van der Waals surface area contributed by atoms with E-state index in [1.165, 1.54) is 0 Å². The van der Waals surface area contributed by atoms with Crippen LogP contribution in [0.2, 0.25) is 0 Å². The second kappa shape index (κ2) is 7.97. The van der Waals surface area contributed by atoms with E-state index in [1.807, 2.05) is 47.4 Å². The Morgan fingerprint density at radius 1 is 1.04 bits per heavy atom. The van der Waals surface area contributed by atoms with E-state index in [0.29, 0.717) is 32.7 Å². The van der Waals surface area contributed by atoms with Crippen LogP contribution < -0.4 is 4.74 Å². The average molecular weight is 325 g/mol. The Bertz CT molecular complexity index is 648. The van der Waals surface area contributed by atoms with Gasteiger partial charge in [-0.25, -0.2) is 0 Å². The minimum absolute atomic E-state index is 0.0486. The normalized spacial score (nSPS) is 15.8. The van der Waals surface area contributed by atoms with E-state index >= 15 is 0 Å². The van der Waals surface area contributed by atoms with Crippen LogP contribution in [-0.2, 0) is 9.53 Å². The molecule has 3 rings (SSSR count). The van der Waals surface area contributed by atoms with E-state index in [-0.39, 0.29) is 11.8 Å². The molecule has 1 atom stereocenters. The molecule has 126 valence electrons. The Balaban J connectivity index is 1.83. The van der Waals surface area contributed by atoms with Gasteiger partial charge in [0.2, 0.25) is 5.91 Å². The topological polar surface area (TPSA) is 38.8 Å². The van der Waals surface area contributed by atoms with E-state index in [4.69, 9.17) is 9.47 Å². The molecule has 0 aliphatic carbocycles. The lowest BCUT2D eigenvalue weighted by molar-refractivity contribution is -0.135. The van der Waals surface area contributed by atoms with Crippen molar-refractivity contribution >= 4 is 5.91 Å². The number of rotatable bonds is 5. The third-order valence-corrected chi connectivity index (χ3v) is 4.46. The maximum atomic E-state index is 12.7. The molecule has 2 aromatic rings. The van der Waals surface area contributed by atoms with E-state index in [0.717, 1.165) is 16.9 Å². The van der Waals surface area contributed by atoms with Gasteiger partial charge in [0.05, 0.1) is 20.3 Å². The number of carbonyl (C=O) groups excluding carboxylic acids is 1. The van der Waals surface area contributed by atoms with Gasteiger partial charge in [-0.05, 0) is 23.3 Å². The van der Waals surface area contributed by atoms with E-state index in [2.05, 4.69) is 12.1 Å². The third kappa shape index (κ3) is 3.95. The Kier molecular flexibility index (Phi) is 5.49. The lowest BCUT2D eigenvalue weighted by atomic mass is 9.88. The van der Waals surface area contributed by atoms with Gasteiger partial charge >= 0.3 is 0 Å². The summed E-state index contributed by atoms with van der Waals surface area (Å²) >= 11 is 0. The van der Waals surface area contributed by atoms with Gasteiger partial charge in [-0.2, -0.15) is 0 Å². The number of ether oxygens (including phenoxy) is 2. The first-order valence-corrected chi connectivity index (χ1v) is 8.32. The minimum atomic E-state index is 0.0486. The lowest BCUT2D eigenvalue weighted by Crippen LogP contribution is -2.41. The second-order valence-electron chi connectivity index (χ2n) is 5.93. The number of carbonyl (C=O) groups is 1. The highest BCUT2D eigenvalue weighted by atomic mass is 16.5. The Morgan fingerprint density at radius 2 is 1.67 bits per heavy atom. The van der Waals surface area contributed by atoms with E-state index in [1.54, 1.807) is 7.11 Å². The van der Waals surface area contributed by atoms with Gasteiger partial charge in [0.1, 0.15) is 5.75 Å². The fourth-order valence-electron chi connectivity index (χ4n) is 3.07. The van der Waals surface area contributed by atoms with Crippen molar-refractivity contribution in [1.29, 1.82) is 0 Å². The van der Waals surface area contributed by atoms with E-state index < -0.39 is 0 Å². The molecule has 0 unspecified atom stereocenters. The first-order valence-electron chi connectivity index (χ1n) is 8.32. The molecule has 1 amide bonds. The Hall–Kier alpha value is -2.33. The predicted molar refractivity (Wildman–Crippen MR) is 93.3 cm³/mol. The maximum Gasteiger partial charge on any atom is 0.223 e. The summed E-state index contributed by atoms with van der Waals surface area (Å²) < 4.78 is 10.6. The van der Waals surface area contributed by atoms with Crippen LogP contribution in [-0.4, -0.2) is 44.2 Å². The SMILES string of the molecule is COc1ccc([C@H](CC(=O)N2CCOCC2)c2ccccc2)cc1. The van der Waals surface area contributed by atoms with Crippen molar-refractivity contribution in [3.8, 4) is 5.75 Å². The zero-order valence-electron chi connectivity index (χ0n) is 14.0. The standard InChI is InChI=1S/C20H23NO3/c1-23-18-9-7-17(8-10-18)19(16-5-3-2-4-6-16)15-20(22)21-11-13-24-14-12-21/h2-10,19H,11-15H2,1H3/t19-/m1/s1. The van der Waals surface area contributed by atoms with Gasteiger partial charge in [0.15, 0.2) is 0 Å². The summed E-state index contributed by atoms with van der Waals surface area (Å²) in [5, 5.41) is 0. The summed E-state index contributed by atoms with van der Waals surface area (Å²) in [4.78, 5) is 14.6. The van der Waals surface area contributed by atoms with Gasteiger partial charge in [-0.3, -0.25) is 4.79 Å². The van der Waals surface area contributed by atoms with Gasteiger partial charge in [0.25, 0.3) is 0 Å². The molecule has 1 aliphatic heterocycles. The molecule has 2 aromatic carbocycles. The first-order chi connectivity index (χ1) is 11.8. The summed E-state index contributed by atoms with van der Waals surface area (Å²) in [5.74, 6) is 1.06. The molecule has 0 N–H and O–H groups in total. The monoisotopic (exact) mass is 325 g/mol. The fourth-order valence-corrected chi connectivity index (χ4v) is 3.07. The second-order valence-corrected chi connectivity index (χ2v) is 5.93. The highest BCUT2D eigenvalue weighted by Gasteiger charge is 2.23. The predicted octanol–water partition coefficient (Wildman–Crippen LogP) is 3.08. The highest BCUT2D eigenvalue weighted by Crippen LogP contribution is 2.30. The van der Waals surface area contributed by atoms with Gasteiger partial charge < -0.3 is 14.4 Å². The molecule has 0 saturated carbocycles. The molecular weight excluding hydrogens is 302 g/mol. The number of methoxy groups -OCH3 is 1. The number of nitrogens with zero attached hydrogens (tertiary/aromatic N) is 1. The van der Waals surface area contributed by atoms with Crippen LogP contribution in [0, 0.1) is 0 Å². The van der Waals surface area contributed by atoms with Crippen molar-refractivity contribution in [3.05, 3.63) is 65.7 Å². The minimum Gasteiger partial charge on any atom is -0.497 e. The first kappa shape index (κ1) is 16.5. The average Bonchev–Trinajstić information content (AvgIpc) is 2.67. The molecule has 0 radical (unpaired) electrons. The van der Waals surface area contributed by atoms with Crippen LogP contribution in [0.4, 0.5) is 0 Å². The Labute approximate surface area is 143 Å². The number of hydrogen-bond donors (Lipinski definition) is 0. The summed E-state index contributed by atoms with van der Waals surface area (Å²) in [7, 11) is 1.66. The van der Waals surface area contributed by atoms with Crippen molar-refractivity contribution in [2.24, 2.45) is 0 Å². The van der Waals surface area contributed by atoms with Crippen LogP contribution in [0.1, 0.15) is 23.5 Å². The molecule has 0 aromatic heterocycles. The van der Waals surface area contributed by atoms with Crippen LogP contribution in [0.15, 0.2) is 54.6 Å². The van der Waals surface area contributed by atoms with E-state index in [9.17, 15) is 4.79 Å². The molecule has 1 fully saturated rings. The van der Waals surface area contributed by atoms with Crippen molar-refractivity contribution in [3.63, 3.8) is 0 Å². The largest absolute Gasteiger partial charge is 0.497 e. The summed E-state index contributed by atoms with van der Waals surface area (Å²) in [6.45, 7) is 2.63. The summed E-state index contributed by atoms with van der Waals surface area (Å²) in [5.41, 5.74) is 2.29. The fraction of sp³-hybridized carbons (Fsp3) is 0.350. The smallest absolute Gasteiger partial charge is 0.223 e. The molecule has 4 nitrogen and oxygen atoms in total. The Morgan fingerprint density at radius 3 is 2.29 bits per heavy atom. The maximum absolute atomic E-state index is 12.7. The highest BCUT2D eigenvalue weighted by molar-refractivity contribution is 5.78. The van der Waals surface area contributed by atoms with Crippen LogP contribution >= 0.6 is 0 Å². The van der Waals surface area contributed by atoms with Crippen molar-refractivity contribution in [2.75, 3.05) is 33.4 Å². The molecule has 0 bridgehead atoms. The molecule has 24 heavy (non-hydrogen) atoms. The molecule has 0 spiro atoms. The summed E-state index contributed by atoms with van der Waals surface area (Å²) in [6.07, 6.45) is 0.469. The quantitative estimate of drug-likeness (QED) is 0.848. The van der Waals surface area contributed by atoms with Crippen LogP contribution in [0.5, 0.6) is 5.75 Å². The van der Waals surface area contributed by atoms with Crippen molar-refractivity contribution in [2.45, 2.75) is 12.3 Å². The molecular formula is C20H23NO3. The number of hydrogen-bond acceptors (Lipinski definition) is 3. The molecule has 4 heteroatoms. The molecule has 1 heterocycles. The molecule has 1 aliphatic rings. The number of morpholine rings is 1. The number of benzene rings is 2. The van der Waals surface area contributed by atoms with Crippen LogP contribution in [0.25, 0.3) is 0 Å². The lowest BCUT2D eigenvalue weighted by Gasteiger charge is -2.29. The van der Waals surface area contributed by atoms with Gasteiger partial charge in [-0.15, -0.1) is 0 Å². The molecule has 1 saturated heterocycles. The van der Waals surface area contributed by atoms with Gasteiger partial charge in [-0.1, -0.05) is 42.5 Å². The van der Waals surface area contributed by atoms with Crippen molar-refractivity contribution in [1.82, 2.24) is 4.90 Å². The zero-order valence-corrected chi connectivity index (χ0v) is 14.0.